The third-order valence-corrected chi connectivity index (χ3v) is 12.5. The Morgan fingerprint density at radius 2 is 1.86 bits per heavy atom. The fraction of sp³-hybridized carbons (Fsp3) is 0.610. The predicted octanol–water partition coefficient (Wildman–Crippen LogP) is 8.10. The molecule has 0 radical (unpaired) electrons. The molecule has 8 heteroatoms. The van der Waals surface area contributed by atoms with E-state index >= 15 is 0 Å². The highest BCUT2D eigenvalue weighted by atomic mass is 19.3. The van der Waals surface area contributed by atoms with Gasteiger partial charge >= 0.3 is 5.97 Å². The van der Waals surface area contributed by atoms with Crippen molar-refractivity contribution in [3.05, 3.63) is 77.9 Å². The van der Waals surface area contributed by atoms with Crippen LogP contribution >= 0.6 is 0 Å². The van der Waals surface area contributed by atoms with Crippen molar-refractivity contribution in [2.75, 3.05) is 6.61 Å². The minimum atomic E-state index is -3.22. The topological polar surface area (TPSA) is 93.1 Å². The SMILES string of the molecule is C[C@]12CCC(=O)C=C1CC[C@@H]1C2=CC[C@]2(C)C(OC(=O)CCC/C=C\C[C@@H]3[C@@H](/C=C/C(F)(F)COc4ccccc4)[C@H](O)C[C@@H]3O)CC[C@@H]12. The zero-order chi connectivity index (χ0) is 34.8. The molecule has 49 heavy (non-hydrogen) atoms. The molecule has 266 valence electrons. The van der Waals surface area contributed by atoms with Gasteiger partial charge < -0.3 is 19.7 Å². The summed E-state index contributed by atoms with van der Waals surface area (Å²) in [5.74, 6) is -2.77. The minimum absolute atomic E-state index is 0.000443. The fourth-order valence-electron chi connectivity index (χ4n) is 9.66. The van der Waals surface area contributed by atoms with Crippen molar-refractivity contribution in [1.29, 1.82) is 0 Å². The molecule has 0 bridgehead atoms. The summed E-state index contributed by atoms with van der Waals surface area (Å²) in [5.41, 5.74) is 2.76. The molecule has 3 saturated carbocycles. The second-order valence-electron chi connectivity index (χ2n) is 15.6. The molecule has 0 saturated heterocycles. The number of alkyl halides is 2. The van der Waals surface area contributed by atoms with Crippen molar-refractivity contribution in [1.82, 2.24) is 0 Å². The first kappa shape index (κ1) is 35.7. The van der Waals surface area contributed by atoms with Gasteiger partial charge in [-0.15, -0.1) is 0 Å². The van der Waals surface area contributed by atoms with Crippen LogP contribution in [-0.4, -0.2) is 52.8 Å². The van der Waals surface area contributed by atoms with Gasteiger partial charge in [-0.25, -0.2) is 0 Å². The van der Waals surface area contributed by atoms with E-state index in [1.54, 1.807) is 30.3 Å². The standard InChI is InChI=1S/C41H52F2O6/c1-39-21-18-28(44)24-27(39)14-15-32-33-16-17-37(40(33,2)22-20-34(32)39)49-38(47)13-9-4-3-8-12-30-31(36(46)25-35(30)45)19-23-41(42,43)26-48-29-10-6-5-7-11-29/h3,5-8,10-11,19-20,23-24,30-33,35-37,45-46H,4,9,12-18,21-22,25-26H2,1-2H3/b8-3-,23-19+/t30-,31-,32+,33+,35+,36-,37?,39+,40+/m1/s1. The van der Waals surface area contributed by atoms with Crippen LogP contribution in [0.15, 0.2) is 77.9 Å². The molecule has 5 aliphatic rings. The Morgan fingerprint density at radius 3 is 2.65 bits per heavy atom. The highest BCUT2D eigenvalue weighted by Crippen LogP contribution is 2.63. The number of carbonyl (C=O) groups is 2. The van der Waals surface area contributed by atoms with Gasteiger partial charge in [0.2, 0.25) is 0 Å². The van der Waals surface area contributed by atoms with Crippen molar-refractivity contribution >= 4 is 11.8 Å². The van der Waals surface area contributed by atoms with Gasteiger partial charge in [-0.05, 0) is 99.8 Å². The third kappa shape index (κ3) is 7.65. The Labute approximate surface area is 289 Å². The molecule has 9 atom stereocenters. The number of carbonyl (C=O) groups excluding carboxylic acids is 2. The summed E-state index contributed by atoms with van der Waals surface area (Å²) in [5, 5.41) is 21.0. The molecule has 1 aromatic rings. The highest BCUT2D eigenvalue weighted by molar-refractivity contribution is 5.92. The summed E-state index contributed by atoms with van der Waals surface area (Å²) in [6, 6.07) is 8.43. The van der Waals surface area contributed by atoms with Gasteiger partial charge in [-0.2, -0.15) is 8.78 Å². The van der Waals surface area contributed by atoms with E-state index in [4.69, 9.17) is 9.47 Å². The van der Waals surface area contributed by atoms with Crippen molar-refractivity contribution in [2.24, 2.45) is 34.5 Å². The van der Waals surface area contributed by atoms with Gasteiger partial charge in [0.25, 0.3) is 5.92 Å². The molecule has 0 aromatic heterocycles. The Hall–Kier alpha value is -3.10. The lowest BCUT2D eigenvalue weighted by molar-refractivity contribution is -0.156. The molecular weight excluding hydrogens is 626 g/mol. The normalized spacial score (nSPS) is 35.9. The molecule has 0 spiro atoms. The number of benzene rings is 1. The fourth-order valence-corrected chi connectivity index (χ4v) is 9.66. The van der Waals surface area contributed by atoms with E-state index in [2.05, 4.69) is 19.9 Å². The van der Waals surface area contributed by atoms with Crippen LogP contribution in [0.2, 0.25) is 0 Å². The molecule has 3 fully saturated rings. The Balaban J connectivity index is 0.953. The lowest BCUT2D eigenvalue weighted by atomic mass is 9.52. The molecule has 0 amide bonds. The summed E-state index contributed by atoms with van der Waals surface area (Å²) in [6.45, 7) is 3.81. The van der Waals surface area contributed by atoms with Gasteiger partial charge in [0, 0.05) is 36.0 Å². The van der Waals surface area contributed by atoms with Crippen LogP contribution in [0.5, 0.6) is 5.75 Å². The highest BCUT2D eigenvalue weighted by Gasteiger charge is 2.57. The molecule has 2 N–H and O–H groups in total. The largest absolute Gasteiger partial charge is 0.487 e. The first-order valence-electron chi connectivity index (χ1n) is 18.3. The van der Waals surface area contributed by atoms with Crippen LogP contribution in [0, 0.1) is 34.5 Å². The van der Waals surface area contributed by atoms with Crippen molar-refractivity contribution in [3.8, 4) is 5.75 Å². The number of aliphatic hydroxyl groups excluding tert-OH is 2. The van der Waals surface area contributed by atoms with Gasteiger partial charge in [0.15, 0.2) is 12.4 Å². The molecule has 6 nitrogen and oxygen atoms in total. The number of hydrogen-bond acceptors (Lipinski definition) is 6. The number of rotatable bonds is 12. The number of fused-ring (bicyclic) bond motifs is 5. The number of aliphatic hydroxyl groups is 2. The zero-order valence-electron chi connectivity index (χ0n) is 28.9. The number of ketones is 1. The summed E-state index contributed by atoms with van der Waals surface area (Å²) >= 11 is 0. The summed E-state index contributed by atoms with van der Waals surface area (Å²) < 4.78 is 40.4. The zero-order valence-corrected chi connectivity index (χ0v) is 28.9. The summed E-state index contributed by atoms with van der Waals surface area (Å²) in [6.07, 6.45) is 17.1. The first-order chi connectivity index (χ1) is 23.4. The maximum Gasteiger partial charge on any atom is 0.306 e. The van der Waals surface area contributed by atoms with Crippen LogP contribution in [0.3, 0.4) is 0 Å². The average molecular weight is 679 g/mol. The van der Waals surface area contributed by atoms with Crippen LogP contribution in [0.1, 0.15) is 90.9 Å². The van der Waals surface area contributed by atoms with Crippen LogP contribution in [0.4, 0.5) is 8.78 Å². The minimum Gasteiger partial charge on any atom is -0.487 e. The van der Waals surface area contributed by atoms with Crippen molar-refractivity contribution in [3.63, 3.8) is 0 Å². The Morgan fingerprint density at radius 1 is 1.06 bits per heavy atom. The molecule has 1 aromatic carbocycles. The second kappa shape index (κ2) is 14.6. The van der Waals surface area contributed by atoms with Crippen LogP contribution < -0.4 is 4.74 Å². The van der Waals surface area contributed by atoms with Gasteiger partial charge in [-0.3, -0.25) is 9.59 Å². The first-order valence-corrected chi connectivity index (χ1v) is 18.3. The molecule has 1 unspecified atom stereocenters. The van der Waals surface area contributed by atoms with E-state index in [0.717, 1.165) is 44.6 Å². The van der Waals surface area contributed by atoms with E-state index in [1.807, 2.05) is 18.2 Å². The number of para-hydroxylation sites is 1. The van der Waals surface area contributed by atoms with Gasteiger partial charge in [0.1, 0.15) is 11.9 Å². The average Bonchev–Trinajstić information content (AvgIpc) is 3.54. The summed E-state index contributed by atoms with van der Waals surface area (Å²) in [7, 11) is 0. The molecule has 0 heterocycles. The lowest BCUT2D eigenvalue weighted by Crippen LogP contribution is -2.46. The van der Waals surface area contributed by atoms with Gasteiger partial charge in [-0.1, -0.05) is 67.5 Å². The smallest absolute Gasteiger partial charge is 0.306 e. The summed E-state index contributed by atoms with van der Waals surface area (Å²) in [4.78, 5) is 25.1. The molecule has 6 rings (SSSR count). The number of allylic oxidation sites excluding steroid dienone is 6. The number of halogens is 2. The second-order valence-corrected chi connectivity index (χ2v) is 15.6. The number of ether oxygens (including phenoxy) is 2. The van der Waals surface area contributed by atoms with E-state index in [-0.39, 0.29) is 41.0 Å². The number of hydrogen-bond donors (Lipinski definition) is 2. The molecule has 0 aliphatic heterocycles. The molecule has 5 aliphatic carbocycles. The van der Waals surface area contributed by atoms with Crippen LogP contribution in [0.25, 0.3) is 0 Å². The van der Waals surface area contributed by atoms with Gasteiger partial charge in [0.05, 0.1) is 12.2 Å². The quantitative estimate of drug-likeness (QED) is 0.132. The third-order valence-electron chi connectivity index (χ3n) is 12.5. The van der Waals surface area contributed by atoms with Crippen LogP contribution in [-0.2, 0) is 14.3 Å². The van der Waals surface area contributed by atoms with E-state index in [0.29, 0.717) is 49.7 Å². The molecular formula is C41H52F2O6. The Bertz CT molecular complexity index is 1480. The van der Waals surface area contributed by atoms with E-state index < -0.39 is 30.7 Å². The maximum atomic E-state index is 14.5. The predicted molar refractivity (Wildman–Crippen MR) is 184 cm³/mol. The monoisotopic (exact) mass is 678 g/mol. The number of esters is 1. The maximum absolute atomic E-state index is 14.5. The number of unbranched alkanes of at least 4 members (excludes halogenated alkanes) is 1. The Kier molecular flexibility index (Phi) is 10.7. The van der Waals surface area contributed by atoms with Crippen molar-refractivity contribution < 1.29 is 38.1 Å². The van der Waals surface area contributed by atoms with Crippen molar-refractivity contribution in [2.45, 2.75) is 115 Å². The lowest BCUT2D eigenvalue weighted by Gasteiger charge is -2.53. The van der Waals surface area contributed by atoms with E-state index in [9.17, 15) is 28.6 Å². The van der Waals surface area contributed by atoms with E-state index in [1.165, 1.54) is 17.2 Å².